The van der Waals surface area contributed by atoms with Crippen LogP contribution in [-0.2, 0) is 6.42 Å². The van der Waals surface area contributed by atoms with Crippen molar-refractivity contribution in [3.05, 3.63) is 71.0 Å². The Bertz CT molecular complexity index is 1150. The van der Waals surface area contributed by atoms with Gasteiger partial charge >= 0.3 is 0 Å². The van der Waals surface area contributed by atoms with Crippen LogP contribution in [-0.4, -0.2) is 45.2 Å². The van der Waals surface area contributed by atoms with Gasteiger partial charge in [-0.15, -0.1) is 0 Å². The van der Waals surface area contributed by atoms with E-state index in [1.54, 1.807) is 4.52 Å². The molecule has 0 radical (unpaired) electrons. The van der Waals surface area contributed by atoms with Crippen molar-refractivity contribution < 1.29 is 14.7 Å². The fourth-order valence-electron chi connectivity index (χ4n) is 4.53. The molecule has 3 aromatic rings. The Morgan fingerprint density at radius 2 is 1.82 bits per heavy atom. The fraction of sp³-hybridized carbons (Fsp3) is 0.423. The summed E-state index contributed by atoms with van der Waals surface area (Å²) in [7, 11) is 0. The summed E-state index contributed by atoms with van der Waals surface area (Å²) in [6, 6.07) is 13.1. The van der Waals surface area contributed by atoms with E-state index in [9.17, 15) is 14.7 Å². The zero-order valence-electron chi connectivity index (χ0n) is 18.7. The first-order valence-corrected chi connectivity index (χ1v) is 11.9. The Hall–Kier alpha value is -3.19. The molecule has 1 aromatic carbocycles. The van der Waals surface area contributed by atoms with Crippen LogP contribution >= 0.6 is 0 Å². The van der Waals surface area contributed by atoms with Crippen molar-refractivity contribution in [2.24, 2.45) is 5.92 Å². The molecular weight excluding hydrogens is 416 g/mol. The van der Waals surface area contributed by atoms with Crippen LogP contribution in [0.4, 0.5) is 0 Å². The number of amides is 2. The molecule has 0 unspecified atom stereocenters. The highest BCUT2D eigenvalue weighted by atomic mass is 16.3. The normalized spacial score (nSPS) is 20.5. The van der Waals surface area contributed by atoms with Crippen molar-refractivity contribution in [1.82, 2.24) is 20.2 Å². The van der Waals surface area contributed by atoms with E-state index in [2.05, 4.69) is 15.7 Å². The van der Waals surface area contributed by atoms with Gasteiger partial charge in [-0.2, -0.15) is 5.10 Å². The summed E-state index contributed by atoms with van der Waals surface area (Å²) >= 11 is 0. The van der Waals surface area contributed by atoms with E-state index in [0.717, 1.165) is 48.9 Å². The molecule has 0 spiro atoms. The third kappa shape index (κ3) is 5.09. The molecule has 0 saturated heterocycles. The molecule has 5 rings (SSSR count). The zero-order valence-corrected chi connectivity index (χ0v) is 18.7. The summed E-state index contributed by atoms with van der Waals surface area (Å²) in [5.74, 6) is 0.354. The average Bonchev–Trinajstić information content (AvgIpc) is 3.53. The van der Waals surface area contributed by atoms with Crippen LogP contribution in [0.15, 0.2) is 48.7 Å². The Morgan fingerprint density at radius 3 is 2.58 bits per heavy atom. The first-order chi connectivity index (χ1) is 16.1. The Morgan fingerprint density at radius 1 is 1.03 bits per heavy atom. The van der Waals surface area contributed by atoms with E-state index in [4.69, 9.17) is 0 Å². The van der Waals surface area contributed by atoms with Crippen molar-refractivity contribution >= 4 is 17.3 Å². The van der Waals surface area contributed by atoms with Gasteiger partial charge in [0.25, 0.3) is 11.8 Å². The number of rotatable bonds is 7. The summed E-state index contributed by atoms with van der Waals surface area (Å²) in [4.78, 5) is 25.2. The van der Waals surface area contributed by atoms with Crippen LogP contribution < -0.4 is 10.6 Å². The van der Waals surface area contributed by atoms with E-state index >= 15 is 0 Å². The lowest BCUT2D eigenvalue weighted by atomic mass is 9.92. The smallest absolute Gasteiger partial charge is 0.272 e. The molecule has 2 saturated carbocycles. The predicted octanol–water partition coefficient (Wildman–Crippen LogP) is 3.10. The van der Waals surface area contributed by atoms with Crippen LogP contribution in [0.1, 0.15) is 70.5 Å². The van der Waals surface area contributed by atoms with Crippen molar-refractivity contribution in [3.63, 3.8) is 0 Å². The highest BCUT2D eigenvalue weighted by molar-refractivity contribution is 5.94. The average molecular weight is 447 g/mol. The lowest BCUT2D eigenvalue weighted by Gasteiger charge is -2.28. The second-order valence-corrected chi connectivity index (χ2v) is 9.35. The maximum Gasteiger partial charge on any atom is 0.272 e. The van der Waals surface area contributed by atoms with Crippen LogP contribution in [0.3, 0.4) is 0 Å². The summed E-state index contributed by atoms with van der Waals surface area (Å²) in [6.45, 7) is 0.756. The molecule has 2 heterocycles. The summed E-state index contributed by atoms with van der Waals surface area (Å²) in [6.07, 6.45) is 7.86. The fourth-order valence-corrected chi connectivity index (χ4v) is 4.53. The molecule has 33 heavy (non-hydrogen) atoms. The van der Waals surface area contributed by atoms with Gasteiger partial charge in [-0.05, 0) is 79.5 Å². The van der Waals surface area contributed by atoms with Gasteiger partial charge in [0.15, 0.2) is 0 Å². The second kappa shape index (κ2) is 9.35. The Kier molecular flexibility index (Phi) is 6.13. The lowest BCUT2D eigenvalue weighted by molar-refractivity contribution is 0.0712. The molecule has 0 bridgehead atoms. The van der Waals surface area contributed by atoms with Crippen LogP contribution in [0.2, 0.25) is 0 Å². The second-order valence-electron chi connectivity index (χ2n) is 9.35. The number of nitrogens with one attached hydrogen (secondary N) is 2. The number of hydrogen-bond donors (Lipinski definition) is 3. The van der Waals surface area contributed by atoms with E-state index in [0.29, 0.717) is 23.6 Å². The van der Waals surface area contributed by atoms with Crippen molar-refractivity contribution in [1.29, 1.82) is 0 Å². The maximum absolute atomic E-state index is 12.9. The van der Waals surface area contributed by atoms with Crippen LogP contribution in [0, 0.1) is 5.92 Å². The molecule has 172 valence electrons. The third-order valence-electron chi connectivity index (χ3n) is 6.72. The SMILES string of the molecule is O=C(NCC1CC1)c1ccc(Cc2cc(C(=O)N[C@H]3CCCC[C@@H]3O)nn3cccc23)cc1. The van der Waals surface area contributed by atoms with Crippen LogP contribution in [0.5, 0.6) is 0 Å². The lowest BCUT2D eigenvalue weighted by Crippen LogP contribution is -2.45. The first kappa shape index (κ1) is 21.6. The standard InChI is InChI=1S/C26H30N4O3/c31-24-6-2-1-4-21(24)28-26(33)22-15-20(23-5-3-13-30(23)29-22)14-17-9-11-19(12-10-17)25(32)27-16-18-7-8-18/h3,5,9-13,15,18,21,24,31H,1-2,4,6-8,14,16H2,(H,27,32)(H,28,33)/t21-,24-/m0/s1. The number of fused-ring (bicyclic) bond motifs is 1. The molecule has 2 aliphatic rings. The number of carbonyl (C=O) groups excluding carboxylic acids is 2. The molecule has 2 fully saturated rings. The summed E-state index contributed by atoms with van der Waals surface area (Å²) in [5, 5.41) is 20.6. The highest BCUT2D eigenvalue weighted by Crippen LogP contribution is 2.27. The van der Waals surface area contributed by atoms with Gasteiger partial charge in [-0.25, -0.2) is 4.52 Å². The number of aliphatic hydroxyl groups excluding tert-OH is 1. The van der Waals surface area contributed by atoms with Gasteiger partial charge < -0.3 is 15.7 Å². The topological polar surface area (TPSA) is 95.7 Å². The monoisotopic (exact) mass is 446 g/mol. The van der Waals surface area contributed by atoms with E-state index < -0.39 is 6.10 Å². The molecule has 2 atom stereocenters. The zero-order chi connectivity index (χ0) is 22.8. The number of benzene rings is 1. The quantitative estimate of drug-likeness (QED) is 0.520. The molecular formula is C26H30N4O3. The summed E-state index contributed by atoms with van der Waals surface area (Å²) < 4.78 is 1.72. The van der Waals surface area contributed by atoms with E-state index in [1.807, 2.05) is 48.7 Å². The van der Waals surface area contributed by atoms with Crippen LogP contribution in [0.25, 0.3) is 5.52 Å². The highest BCUT2D eigenvalue weighted by Gasteiger charge is 2.26. The maximum atomic E-state index is 12.9. The Labute approximate surface area is 193 Å². The summed E-state index contributed by atoms with van der Waals surface area (Å²) in [5.41, 5.74) is 3.97. The Balaban J connectivity index is 1.31. The molecule has 7 heteroatoms. The molecule has 7 nitrogen and oxygen atoms in total. The minimum Gasteiger partial charge on any atom is -0.391 e. The van der Waals surface area contributed by atoms with Gasteiger partial charge in [0, 0.05) is 18.3 Å². The molecule has 2 aliphatic carbocycles. The number of aliphatic hydroxyl groups is 1. The van der Waals surface area contributed by atoms with Gasteiger partial charge in [-0.3, -0.25) is 9.59 Å². The molecule has 0 aliphatic heterocycles. The third-order valence-corrected chi connectivity index (χ3v) is 6.72. The van der Waals surface area contributed by atoms with E-state index in [1.165, 1.54) is 12.8 Å². The van der Waals surface area contributed by atoms with Gasteiger partial charge in [0.05, 0.1) is 17.7 Å². The van der Waals surface area contributed by atoms with E-state index in [-0.39, 0.29) is 17.9 Å². The van der Waals surface area contributed by atoms with Crippen molar-refractivity contribution in [3.8, 4) is 0 Å². The molecule has 2 amide bonds. The first-order valence-electron chi connectivity index (χ1n) is 11.9. The van der Waals surface area contributed by atoms with Gasteiger partial charge in [-0.1, -0.05) is 25.0 Å². The number of nitrogens with zero attached hydrogens (tertiary/aromatic N) is 2. The van der Waals surface area contributed by atoms with Gasteiger partial charge in [0.2, 0.25) is 0 Å². The number of hydrogen-bond acceptors (Lipinski definition) is 4. The van der Waals surface area contributed by atoms with Crippen molar-refractivity contribution in [2.45, 2.75) is 57.1 Å². The number of aromatic nitrogens is 2. The van der Waals surface area contributed by atoms with Gasteiger partial charge in [0.1, 0.15) is 5.69 Å². The molecule has 3 N–H and O–H groups in total. The van der Waals surface area contributed by atoms with Crippen molar-refractivity contribution in [2.75, 3.05) is 6.54 Å². The minimum atomic E-state index is -0.502. The molecule has 2 aromatic heterocycles. The minimum absolute atomic E-state index is 0.0322. The largest absolute Gasteiger partial charge is 0.391 e. The predicted molar refractivity (Wildman–Crippen MR) is 125 cm³/mol. The number of carbonyl (C=O) groups is 2.